The van der Waals surface area contributed by atoms with E-state index >= 15 is 0 Å². The van der Waals surface area contributed by atoms with Gasteiger partial charge in [0.2, 0.25) is 0 Å². The van der Waals surface area contributed by atoms with Gasteiger partial charge in [-0.1, -0.05) is 55.0 Å². The molecule has 31 heavy (non-hydrogen) atoms. The number of halogens is 1. The van der Waals surface area contributed by atoms with Gasteiger partial charge in [0.05, 0.1) is 23.7 Å². The number of fused-ring (bicyclic) bond motifs is 2. The predicted molar refractivity (Wildman–Crippen MR) is 122 cm³/mol. The number of benzene rings is 2. The fourth-order valence-corrected chi connectivity index (χ4v) is 5.32. The summed E-state index contributed by atoms with van der Waals surface area (Å²) in [7, 11) is 0. The summed E-state index contributed by atoms with van der Waals surface area (Å²) >= 11 is 0. The first-order chi connectivity index (χ1) is 15.0. The molecule has 1 aromatic heterocycles. The molecule has 1 N–H and O–H groups in total. The Morgan fingerprint density at radius 1 is 1.16 bits per heavy atom. The molecule has 1 saturated carbocycles. The molecule has 2 aliphatic rings. The van der Waals surface area contributed by atoms with Crippen molar-refractivity contribution < 1.29 is 9.50 Å². The highest BCUT2D eigenvalue weighted by molar-refractivity contribution is 5.61. The van der Waals surface area contributed by atoms with Gasteiger partial charge in [-0.25, -0.2) is 9.07 Å². The predicted octanol–water partition coefficient (Wildman–Crippen LogP) is 5.83. The van der Waals surface area contributed by atoms with Crippen molar-refractivity contribution in [2.75, 3.05) is 0 Å². The molecule has 3 nitrogen and oxygen atoms in total. The third-order valence-corrected chi connectivity index (χ3v) is 7.04. The molecule has 2 aromatic carbocycles. The van der Waals surface area contributed by atoms with Gasteiger partial charge < -0.3 is 5.11 Å². The summed E-state index contributed by atoms with van der Waals surface area (Å²) in [5, 5.41) is 15.7. The Balaban J connectivity index is 1.45. The molecule has 0 radical (unpaired) electrons. The van der Waals surface area contributed by atoms with Gasteiger partial charge in [-0.15, -0.1) is 0 Å². The van der Waals surface area contributed by atoms with Crippen LogP contribution in [0.15, 0.2) is 72.4 Å². The molecule has 3 aromatic rings. The topological polar surface area (TPSA) is 38.0 Å². The van der Waals surface area contributed by atoms with E-state index in [4.69, 9.17) is 0 Å². The average Bonchev–Trinajstić information content (AvgIpc) is 3.18. The lowest BCUT2D eigenvalue weighted by molar-refractivity contribution is 0.0535. The van der Waals surface area contributed by atoms with Gasteiger partial charge in [0.15, 0.2) is 0 Å². The van der Waals surface area contributed by atoms with E-state index in [0.717, 1.165) is 42.6 Å². The highest BCUT2D eigenvalue weighted by Gasteiger charge is 2.45. The lowest BCUT2D eigenvalue weighted by atomic mass is 9.58. The molecule has 0 unspecified atom stereocenters. The van der Waals surface area contributed by atoms with Crippen molar-refractivity contribution in [3.63, 3.8) is 0 Å². The van der Waals surface area contributed by atoms with Crippen molar-refractivity contribution in [1.29, 1.82) is 0 Å². The molecule has 0 aliphatic heterocycles. The molecule has 0 saturated heterocycles. The lowest BCUT2D eigenvalue weighted by Crippen LogP contribution is -2.42. The number of aliphatic hydroxyl groups is 1. The normalized spacial score (nSPS) is 23.8. The third kappa shape index (κ3) is 3.66. The fourth-order valence-electron chi connectivity index (χ4n) is 5.32. The Bertz CT molecular complexity index is 1130. The standard InChI is InChI=1S/C27H27FN2O/c1-27-17-20-18-29-30(23-13-11-22(28)12-14-23)25(20)16-21(27)8-5-9-24(27)26(31)15-10-19-6-3-2-4-7-19/h2-4,6-7,10-16,18,24,26,31H,5,8-9,17H2,1H3/b15-10-/t24-,26+,27+/m1/s1. The Hall–Kier alpha value is -2.98. The summed E-state index contributed by atoms with van der Waals surface area (Å²) in [5.41, 5.74) is 5.51. The van der Waals surface area contributed by atoms with E-state index in [1.54, 1.807) is 12.1 Å². The zero-order valence-electron chi connectivity index (χ0n) is 17.7. The number of aliphatic hydroxyl groups excluding tert-OH is 1. The summed E-state index contributed by atoms with van der Waals surface area (Å²) in [6.07, 6.45) is 11.6. The summed E-state index contributed by atoms with van der Waals surface area (Å²) < 4.78 is 15.3. The van der Waals surface area contributed by atoms with Crippen LogP contribution < -0.4 is 0 Å². The van der Waals surface area contributed by atoms with Crippen LogP contribution in [0.4, 0.5) is 4.39 Å². The molecule has 1 heterocycles. The summed E-state index contributed by atoms with van der Waals surface area (Å²) in [6, 6.07) is 16.6. The van der Waals surface area contributed by atoms with Crippen LogP contribution in [0.5, 0.6) is 0 Å². The van der Waals surface area contributed by atoms with Crippen LogP contribution in [0, 0.1) is 17.2 Å². The first kappa shape index (κ1) is 20.0. The molecular formula is C27H27FN2O. The quantitative estimate of drug-likeness (QED) is 0.583. The minimum atomic E-state index is -0.498. The number of rotatable bonds is 4. The van der Waals surface area contributed by atoms with E-state index in [0.29, 0.717) is 0 Å². The zero-order valence-corrected chi connectivity index (χ0v) is 17.7. The van der Waals surface area contributed by atoms with Gasteiger partial charge in [0.25, 0.3) is 0 Å². The highest BCUT2D eigenvalue weighted by atomic mass is 19.1. The molecule has 2 aliphatic carbocycles. The van der Waals surface area contributed by atoms with Gasteiger partial charge in [0.1, 0.15) is 5.82 Å². The second-order valence-corrected chi connectivity index (χ2v) is 8.97. The van der Waals surface area contributed by atoms with Crippen LogP contribution in [0.2, 0.25) is 0 Å². The summed E-state index contributed by atoms with van der Waals surface area (Å²) in [6.45, 7) is 2.29. The van der Waals surface area contributed by atoms with Crippen molar-refractivity contribution in [1.82, 2.24) is 9.78 Å². The van der Waals surface area contributed by atoms with E-state index in [1.165, 1.54) is 23.3 Å². The lowest BCUT2D eigenvalue weighted by Gasteiger charge is -2.47. The summed E-state index contributed by atoms with van der Waals surface area (Å²) in [4.78, 5) is 0. The van der Waals surface area contributed by atoms with Crippen molar-refractivity contribution in [2.24, 2.45) is 11.3 Å². The van der Waals surface area contributed by atoms with Crippen LogP contribution in [0.1, 0.15) is 43.0 Å². The van der Waals surface area contributed by atoms with E-state index in [9.17, 15) is 9.50 Å². The number of hydrogen-bond donors (Lipinski definition) is 1. The van der Waals surface area contributed by atoms with Crippen LogP contribution in [0.25, 0.3) is 17.8 Å². The van der Waals surface area contributed by atoms with E-state index in [2.05, 4.69) is 18.1 Å². The van der Waals surface area contributed by atoms with Crippen LogP contribution in [0.3, 0.4) is 0 Å². The molecule has 4 heteroatoms. The molecule has 0 bridgehead atoms. The van der Waals surface area contributed by atoms with Gasteiger partial charge in [-0.05, 0) is 78.5 Å². The number of allylic oxidation sites excluding steroid dienone is 1. The average molecular weight is 415 g/mol. The van der Waals surface area contributed by atoms with Crippen molar-refractivity contribution >= 4 is 12.2 Å². The van der Waals surface area contributed by atoms with Gasteiger partial charge in [-0.3, -0.25) is 0 Å². The SMILES string of the molecule is C[C@]12Cc3cnn(-c4ccc(F)cc4)c3C=C1CCC[C@@H]2[C@@H](O)/C=C\c1ccccc1. The molecular weight excluding hydrogens is 387 g/mol. The van der Waals surface area contributed by atoms with Crippen molar-refractivity contribution in [2.45, 2.75) is 38.7 Å². The Labute approximate surface area is 182 Å². The molecule has 158 valence electrons. The van der Waals surface area contributed by atoms with Crippen LogP contribution in [-0.4, -0.2) is 21.0 Å². The number of aromatic nitrogens is 2. The van der Waals surface area contributed by atoms with E-state index in [1.807, 2.05) is 53.4 Å². The molecule has 0 spiro atoms. The number of hydrogen-bond acceptors (Lipinski definition) is 2. The maximum absolute atomic E-state index is 13.4. The van der Waals surface area contributed by atoms with Crippen molar-refractivity contribution in [3.05, 3.63) is 95.1 Å². The van der Waals surface area contributed by atoms with E-state index < -0.39 is 6.10 Å². The highest BCUT2D eigenvalue weighted by Crippen LogP contribution is 2.52. The van der Waals surface area contributed by atoms with Gasteiger partial charge in [-0.2, -0.15) is 5.10 Å². The largest absolute Gasteiger partial charge is 0.389 e. The maximum atomic E-state index is 13.4. The number of nitrogens with zero attached hydrogens (tertiary/aromatic N) is 2. The molecule has 0 amide bonds. The third-order valence-electron chi connectivity index (χ3n) is 7.04. The minimum Gasteiger partial charge on any atom is -0.389 e. The summed E-state index contributed by atoms with van der Waals surface area (Å²) in [5.74, 6) is -0.0850. The second kappa shape index (κ2) is 7.93. The van der Waals surface area contributed by atoms with E-state index in [-0.39, 0.29) is 17.2 Å². The Kier molecular flexibility index (Phi) is 5.11. The first-order valence-electron chi connectivity index (χ1n) is 11.0. The first-order valence-corrected chi connectivity index (χ1v) is 11.0. The molecule has 5 rings (SSSR count). The monoisotopic (exact) mass is 414 g/mol. The Morgan fingerprint density at radius 2 is 1.94 bits per heavy atom. The molecule has 1 fully saturated rings. The Morgan fingerprint density at radius 3 is 2.71 bits per heavy atom. The second-order valence-electron chi connectivity index (χ2n) is 8.97. The van der Waals surface area contributed by atoms with Crippen LogP contribution >= 0.6 is 0 Å². The minimum absolute atomic E-state index is 0.0949. The smallest absolute Gasteiger partial charge is 0.123 e. The van der Waals surface area contributed by atoms with Crippen LogP contribution in [-0.2, 0) is 6.42 Å². The van der Waals surface area contributed by atoms with Gasteiger partial charge >= 0.3 is 0 Å². The van der Waals surface area contributed by atoms with Gasteiger partial charge in [0, 0.05) is 0 Å². The fraction of sp³-hybridized carbons (Fsp3) is 0.296. The maximum Gasteiger partial charge on any atom is 0.123 e. The van der Waals surface area contributed by atoms with Crippen molar-refractivity contribution in [3.8, 4) is 5.69 Å². The zero-order chi connectivity index (χ0) is 21.4. The molecule has 3 atom stereocenters.